The van der Waals surface area contributed by atoms with Crippen LogP contribution >= 0.6 is 0 Å². The number of halogens is 3. The molecule has 136 valence electrons. The topological polar surface area (TPSA) is 53.5 Å². The highest BCUT2D eigenvalue weighted by atomic mass is 19.4. The second-order valence-electron chi connectivity index (χ2n) is 6.16. The Morgan fingerprint density at radius 2 is 2.12 bits per heavy atom. The van der Waals surface area contributed by atoms with Gasteiger partial charge in [-0.1, -0.05) is 0 Å². The summed E-state index contributed by atoms with van der Waals surface area (Å²) in [5.41, 5.74) is -0.933. The van der Waals surface area contributed by atoms with E-state index < -0.39 is 11.9 Å². The fourth-order valence-electron chi connectivity index (χ4n) is 2.62. The van der Waals surface area contributed by atoms with Gasteiger partial charge in [0, 0.05) is 46.9 Å². The molecule has 1 unspecified atom stereocenters. The molecule has 0 aliphatic carbocycles. The van der Waals surface area contributed by atoms with Crippen molar-refractivity contribution in [2.45, 2.75) is 12.6 Å². The molecular weight excluding hydrogens is 323 g/mol. The Morgan fingerprint density at radius 1 is 1.38 bits per heavy atom. The Kier molecular flexibility index (Phi) is 6.22. The molecule has 6 nitrogen and oxygen atoms in total. The zero-order chi connectivity index (χ0) is 17.7. The molecule has 1 saturated heterocycles. The molecule has 1 aliphatic rings. The minimum Gasteiger partial charge on any atom is -0.383 e. The summed E-state index contributed by atoms with van der Waals surface area (Å²) in [5, 5.41) is 3.04. The molecule has 1 atom stereocenters. The van der Waals surface area contributed by atoms with Crippen LogP contribution in [0.2, 0.25) is 0 Å². The standard InChI is InChI=1S/C15H24F3N5O/c1-22(2)14-20-12(15(16,17)18)8-13(21-14)19-9-11-4-5-23(10-11)6-7-24-3/h8,11H,4-7,9-10H2,1-3H3,(H,19,20,21). The molecule has 0 saturated carbocycles. The van der Waals surface area contributed by atoms with E-state index >= 15 is 0 Å². The molecule has 0 amide bonds. The molecule has 2 rings (SSSR count). The van der Waals surface area contributed by atoms with Crippen molar-refractivity contribution in [1.82, 2.24) is 14.9 Å². The number of alkyl halides is 3. The molecule has 24 heavy (non-hydrogen) atoms. The Balaban J connectivity index is 1.98. The highest BCUT2D eigenvalue weighted by molar-refractivity contribution is 5.43. The van der Waals surface area contributed by atoms with Gasteiger partial charge in [-0.05, 0) is 18.9 Å². The van der Waals surface area contributed by atoms with Gasteiger partial charge in [-0.3, -0.25) is 0 Å². The van der Waals surface area contributed by atoms with Crippen LogP contribution in [0.1, 0.15) is 12.1 Å². The van der Waals surface area contributed by atoms with Crippen molar-refractivity contribution < 1.29 is 17.9 Å². The Hall–Kier alpha value is -1.61. The summed E-state index contributed by atoms with van der Waals surface area (Å²) >= 11 is 0. The first-order valence-electron chi connectivity index (χ1n) is 7.88. The molecular formula is C15H24F3N5O. The lowest BCUT2D eigenvalue weighted by atomic mass is 10.1. The Bertz CT molecular complexity index is 538. The summed E-state index contributed by atoms with van der Waals surface area (Å²) in [6.45, 7) is 4.05. The number of hydrogen-bond donors (Lipinski definition) is 1. The number of likely N-dealkylation sites (tertiary alicyclic amines) is 1. The molecule has 0 bridgehead atoms. The summed E-state index contributed by atoms with van der Waals surface area (Å²) in [4.78, 5) is 11.5. The van der Waals surface area contributed by atoms with Crippen molar-refractivity contribution >= 4 is 11.8 Å². The quantitative estimate of drug-likeness (QED) is 0.814. The fraction of sp³-hybridized carbons (Fsp3) is 0.733. The van der Waals surface area contributed by atoms with E-state index in [0.717, 1.165) is 32.1 Å². The van der Waals surface area contributed by atoms with Gasteiger partial charge < -0.3 is 19.9 Å². The maximum Gasteiger partial charge on any atom is 0.433 e. The van der Waals surface area contributed by atoms with Gasteiger partial charge in [0.05, 0.1) is 6.61 Å². The van der Waals surface area contributed by atoms with Crippen LogP contribution in [0, 0.1) is 5.92 Å². The van der Waals surface area contributed by atoms with Gasteiger partial charge >= 0.3 is 6.18 Å². The monoisotopic (exact) mass is 347 g/mol. The van der Waals surface area contributed by atoms with Gasteiger partial charge in [0.25, 0.3) is 0 Å². The van der Waals surface area contributed by atoms with Crippen molar-refractivity contribution in [3.63, 3.8) is 0 Å². The van der Waals surface area contributed by atoms with E-state index in [-0.39, 0.29) is 11.8 Å². The van der Waals surface area contributed by atoms with Gasteiger partial charge in [0.1, 0.15) is 5.82 Å². The minimum atomic E-state index is -4.49. The third kappa shape index (κ3) is 5.20. The average Bonchev–Trinajstić information content (AvgIpc) is 2.97. The molecule has 0 radical (unpaired) electrons. The van der Waals surface area contributed by atoms with Crippen molar-refractivity contribution in [2.24, 2.45) is 5.92 Å². The first-order chi connectivity index (χ1) is 11.3. The Labute approximate surface area is 140 Å². The number of nitrogens with zero attached hydrogens (tertiary/aromatic N) is 4. The fourth-order valence-corrected chi connectivity index (χ4v) is 2.62. The molecule has 1 aromatic heterocycles. The van der Waals surface area contributed by atoms with E-state index in [1.54, 1.807) is 21.2 Å². The number of nitrogens with one attached hydrogen (secondary N) is 1. The van der Waals surface area contributed by atoms with E-state index in [2.05, 4.69) is 20.2 Å². The molecule has 1 fully saturated rings. The lowest BCUT2D eigenvalue weighted by Crippen LogP contribution is -2.26. The van der Waals surface area contributed by atoms with Crippen LogP contribution in [-0.4, -0.2) is 68.9 Å². The largest absolute Gasteiger partial charge is 0.433 e. The summed E-state index contributed by atoms with van der Waals surface area (Å²) in [6, 6.07) is 0.963. The highest BCUT2D eigenvalue weighted by Gasteiger charge is 2.34. The van der Waals surface area contributed by atoms with Crippen LogP contribution < -0.4 is 10.2 Å². The van der Waals surface area contributed by atoms with Crippen LogP contribution in [0.4, 0.5) is 24.9 Å². The summed E-state index contributed by atoms with van der Waals surface area (Å²) in [7, 11) is 4.90. The zero-order valence-corrected chi connectivity index (χ0v) is 14.2. The van der Waals surface area contributed by atoms with E-state index in [1.807, 2.05) is 0 Å². The number of ether oxygens (including phenoxy) is 1. The molecule has 2 heterocycles. The maximum absolute atomic E-state index is 13.0. The molecule has 0 spiro atoms. The SMILES string of the molecule is COCCN1CCC(CNc2cc(C(F)(F)F)nc(N(C)C)n2)C1. The van der Waals surface area contributed by atoms with E-state index in [9.17, 15) is 13.2 Å². The third-order valence-electron chi connectivity index (χ3n) is 3.96. The lowest BCUT2D eigenvalue weighted by molar-refractivity contribution is -0.141. The summed E-state index contributed by atoms with van der Waals surface area (Å²) in [5.74, 6) is 0.630. The van der Waals surface area contributed by atoms with Crippen molar-refractivity contribution in [3.8, 4) is 0 Å². The summed E-state index contributed by atoms with van der Waals surface area (Å²) in [6.07, 6.45) is -3.48. The van der Waals surface area contributed by atoms with Crippen LogP contribution in [-0.2, 0) is 10.9 Å². The third-order valence-corrected chi connectivity index (χ3v) is 3.96. The number of anilines is 2. The maximum atomic E-state index is 13.0. The van der Waals surface area contributed by atoms with Crippen LogP contribution in [0.5, 0.6) is 0 Å². The normalized spacial score (nSPS) is 18.8. The smallest absolute Gasteiger partial charge is 0.383 e. The van der Waals surface area contributed by atoms with Crippen LogP contribution in [0.15, 0.2) is 6.07 Å². The molecule has 1 N–H and O–H groups in total. The summed E-state index contributed by atoms with van der Waals surface area (Å²) < 4.78 is 44.0. The molecule has 0 aromatic carbocycles. The number of hydrogen-bond acceptors (Lipinski definition) is 6. The van der Waals surface area contributed by atoms with Gasteiger partial charge in [-0.2, -0.15) is 18.2 Å². The average molecular weight is 347 g/mol. The second kappa shape index (κ2) is 7.98. The van der Waals surface area contributed by atoms with Gasteiger partial charge in [-0.15, -0.1) is 0 Å². The predicted octanol–water partition coefficient (Wildman–Crippen LogP) is 1.94. The van der Waals surface area contributed by atoms with E-state index in [0.29, 0.717) is 19.1 Å². The highest BCUT2D eigenvalue weighted by Crippen LogP contribution is 2.30. The van der Waals surface area contributed by atoms with Crippen molar-refractivity contribution in [3.05, 3.63) is 11.8 Å². The van der Waals surface area contributed by atoms with Crippen LogP contribution in [0.25, 0.3) is 0 Å². The van der Waals surface area contributed by atoms with Crippen molar-refractivity contribution in [1.29, 1.82) is 0 Å². The number of rotatable bonds is 7. The Morgan fingerprint density at radius 3 is 2.75 bits per heavy atom. The molecule has 1 aliphatic heterocycles. The number of aromatic nitrogens is 2. The first-order valence-corrected chi connectivity index (χ1v) is 7.88. The lowest BCUT2D eigenvalue weighted by Gasteiger charge is -2.18. The van der Waals surface area contributed by atoms with Gasteiger partial charge in [0.15, 0.2) is 5.69 Å². The van der Waals surface area contributed by atoms with E-state index in [4.69, 9.17) is 4.74 Å². The van der Waals surface area contributed by atoms with Gasteiger partial charge in [0.2, 0.25) is 5.95 Å². The molecule has 1 aromatic rings. The van der Waals surface area contributed by atoms with Gasteiger partial charge in [-0.25, -0.2) is 4.98 Å². The first kappa shape index (κ1) is 18.7. The van der Waals surface area contributed by atoms with E-state index in [1.165, 1.54) is 4.90 Å². The van der Waals surface area contributed by atoms with Crippen LogP contribution in [0.3, 0.4) is 0 Å². The second-order valence-corrected chi connectivity index (χ2v) is 6.16. The molecule has 9 heteroatoms. The number of methoxy groups -OCH3 is 1. The zero-order valence-electron chi connectivity index (χ0n) is 14.2. The predicted molar refractivity (Wildman–Crippen MR) is 86.3 cm³/mol. The van der Waals surface area contributed by atoms with Crippen molar-refractivity contribution in [2.75, 3.05) is 64.2 Å². The minimum absolute atomic E-state index is 0.0421.